The highest BCUT2D eigenvalue weighted by Crippen LogP contribution is 2.37. The Morgan fingerprint density at radius 1 is 1.58 bits per heavy atom. The molecule has 2 heterocycles. The van der Waals surface area contributed by atoms with Crippen LogP contribution in [0, 0.1) is 6.92 Å². The molecule has 0 saturated carbocycles. The van der Waals surface area contributed by atoms with E-state index in [-0.39, 0.29) is 0 Å². The Morgan fingerprint density at radius 2 is 2.32 bits per heavy atom. The summed E-state index contributed by atoms with van der Waals surface area (Å²) in [4.78, 5) is 0.889. The lowest BCUT2D eigenvalue weighted by atomic mass is 10.2. The Morgan fingerprint density at radius 3 is 2.84 bits per heavy atom. The highest BCUT2D eigenvalue weighted by molar-refractivity contribution is 9.11. The molecule has 0 aliphatic carbocycles. The Labute approximate surface area is 125 Å². The third-order valence-corrected chi connectivity index (χ3v) is 5.09. The molecule has 1 N–H and O–H groups in total. The lowest BCUT2D eigenvalue weighted by Gasteiger charge is -2.13. The number of aryl methyl sites for hydroxylation is 2. The average Bonchev–Trinajstić information content (AvgIpc) is 2.94. The van der Waals surface area contributed by atoms with Crippen molar-refractivity contribution < 1.29 is 9.84 Å². The maximum atomic E-state index is 10.6. The van der Waals surface area contributed by atoms with Crippen molar-refractivity contribution in [1.29, 1.82) is 0 Å². The number of hydrogen-bond acceptors (Lipinski definition) is 4. The van der Waals surface area contributed by atoms with E-state index >= 15 is 0 Å². The van der Waals surface area contributed by atoms with Crippen LogP contribution in [0.2, 0.25) is 0 Å². The van der Waals surface area contributed by atoms with E-state index in [1.54, 1.807) is 13.3 Å². The molecule has 2 rings (SSSR count). The average molecular weight is 345 g/mol. The smallest absolute Gasteiger partial charge is 0.163 e. The molecule has 1 unspecified atom stereocenters. The number of rotatable bonds is 5. The summed E-state index contributed by atoms with van der Waals surface area (Å²) >= 11 is 5.02. The van der Waals surface area contributed by atoms with Gasteiger partial charge in [0.25, 0.3) is 0 Å². The zero-order valence-corrected chi connectivity index (χ0v) is 13.6. The van der Waals surface area contributed by atoms with Gasteiger partial charge in [-0.25, -0.2) is 0 Å². The Hall–Kier alpha value is -0.850. The molecule has 2 aromatic rings. The Balaban J connectivity index is 2.41. The molecular formula is C13H17BrN2O2S. The van der Waals surface area contributed by atoms with E-state index in [1.807, 2.05) is 17.7 Å². The molecule has 0 aromatic carbocycles. The second kappa shape index (κ2) is 6.07. The van der Waals surface area contributed by atoms with Gasteiger partial charge in [-0.2, -0.15) is 5.10 Å². The first kappa shape index (κ1) is 14.6. The van der Waals surface area contributed by atoms with Gasteiger partial charge >= 0.3 is 0 Å². The molecule has 0 bridgehead atoms. The quantitative estimate of drug-likeness (QED) is 0.902. The predicted molar refractivity (Wildman–Crippen MR) is 79.9 cm³/mol. The van der Waals surface area contributed by atoms with E-state index in [0.29, 0.717) is 5.75 Å². The van der Waals surface area contributed by atoms with Gasteiger partial charge in [-0.05, 0) is 40.9 Å². The summed E-state index contributed by atoms with van der Waals surface area (Å²) < 4.78 is 8.16. The van der Waals surface area contributed by atoms with Crippen LogP contribution < -0.4 is 4.74 Å². The molecule has 0 aliphatic heterocycles. The molecule has 0 aliphatic rings. The van der Waals surface area contributed by atoms with Crippen LogP contribution in [0.15, 0.2) is 16.0 Å². The van der Waals surface area contributed by atoms with Gasteiger partial charge in [-0.3, -0.25) is 4.68 Å². The standard InChI is InChI=1S/C13H17BrN2O2S/c1-4-5-16-11(9(18-3)7-15-16)12(17)10-6-8(2)13(14)19-10/h6-7,12,17H,4-5H2,1-3H3. The van der Waals surface area contributed by atoms with E-state index in [9.17, 15) is 5.11 Å². The molecule has 0 saturated heterocycles. The number of hydrogen-bond donors (Lipinski definition) is 1. The van der Waals surface area contributed by atoms with E-state index in [1.165, 1.54) is 11.3 Å². The van der Waals surface area contributed by atoms with Gasteiger partial charge in [0.15, 0.2) is 5.75 Å². The van der Waals surface area contributed by atoms with Gasteiger partial charge in [-0.1, -0.05) is 6.92 Å². The minimum absolute atomic E-state index is 0.628. The zero-order valence-electron chi connectivity index (χ0n) is 11.2. The highest BCUT2D eigenvalue weighted by Gasteiger charge is 2.23. The molecule has 2 aromatic heterocycles. The first-order valence-corrected chi connectivity index (χ1v) is 7.73. The highest BCUT2D eigenvalue weighted by atomic mass is 79.9. The van der Waals surface area contributed by atoms with Gasteiger partial charge in [0.1, 0.15) is 11.8 Å². The number of aliphatic hydroxyl groups excluding tert-OH is 1. The summed E-state index contributed by atoms with van der Waals surface area (Å²) in [5, 5.41) is 14.9. The fraction of sp³-hybridized carbons (Fsp3) is 0.462. The number of halogens is 1. The van der Waals surface area contributed by atoms with Crippen LogP contribution in [0.25, 0.3) is 0 Å². The Kier molecular flexibility index (Phi) is 4.65. The summed E-state index contributed by atoms with van der Waals surface area (Å²) in [5.74, 6) is 0.628. The fourth-order valence-electron chi connectivity index (χ4n) is 1.95. The van der Waals surface area contributed by atoms with Crippen molar-refractivity contribution >= 4 is 27.3 Å². The summed E-state index contributed by atoms with van der Waals surface area (Å²) in [6.07, 6.45) is 1.90. The van der Waals surface area contributed by atoms with Crippen LogP contribution in [0.5, 0.6) is 5.75 Å². The summed E-state index contributed by atoms with van der Waals surface area (Å²) in [5.41, 5.74) is 1.85. The van der Waals surface area contributed by atoms with Crippen molar-refractivity contribution in [3.05, 3.63) is 32.2 Å². The molecule has 0 radical (unpaired) electrons. The van der Waals surface area contributed by atoms with Crippen LogP contribution in [0.3, 0.4) is 0 Å². The predicted octanol–water partition coefficient (Wildman–Crippen LogP) is 3.52. The maximum Gasteiger partial charge on any atom is 0.163 e. The molecule has 104 valence electrons. The van der Waals surface area contributed by atoms with Gasteiger partial charge in [-0.15, -0.1) is 11.3 Å². The maximum absolute atomic E-state index is 10.6. The normalized spacial score (nSPS) is 12.7. The monoisotopic (exact) mass is 344 g/mol. The fourth-order valence-corrected chi connectivity index (χ4v) is 3.51. The molecule has 19 heavy (non-hydrogen) atoms. The number of nitrogens with zero attached hydrogens (tertiary/aromatic N) is 2. The van der Waals surface area contributed by atoms with Crippen molar-refractivity contribution in [1.82, 2.24) is 9.78 Å². The second-order valence-corrected chi connectivity index (χ2v) is 6.73. The van der Waals surface area contributed by atoms with Gasteiger partial charge in [0.2, 0.25) is 0 Å². The third-order valence-electron chi connectivity index (χ3n) is 2.90. The van der Waals surface area contributed by atoms with Crippen LogP contribution in [0.1, 0.15) is 35.6 Å². The molecule has 6 heteroatoms. The van der Waals surface area contributed by atoms with E-state index in [0.717, 1.165) is 32.9 Å². The van der Waals surface area contributed by atoms with Crippen molar-refractivity contribution in [3.8, 4) is 5.75 Å². The lowest BCUT2D eigenvalue weighted by Crippen LogP contribution is -2.10. The molecule has 0 amide bonds. The summed E-state index contributed by atoms with van der Waals surface area (Å²) in [6.45, 7) is 4.86. The van der Waals surface area contributed by atoms with Gasteiger partial charge in [0.05, 0.1) is 17.1 Å². The van der Waals surface area contributed by atoms with Gasteiger partial charge in [0, 0.05) is 11.4 Å². The first-order valence-electron chi connectivity index (χ1n) is 6.12. The van der Waals surface area contributed by atoms with Crippen molar-refractivity contribution in [2.24, 2.45) is 0 Å². The van der Waals surface area contributed by atoms with Crippen LogP contribution in [0.4, 0.5) is 0 Å². The number of aromatic nitrogens is 2. The third kappa shape index (κ3) is 2.85. The minimum Gasteiger partial charge on any atom is -0.493 e. The minimum atomic E-state index is -0.709. The van der Waals surface area contributed by atoms with Crippen molar-refractivity contribution in [3.63, 3.8) is 0 Å². The molecule has 0 spiro atoms. The first-order chi connectivity index (χ1) is 9.08. The summed E-state index contributed by atoms with van der Waals surface area (Å²) in [7, 11) is 1.60. The van der Waals surface area contributed by atoms with Crippen molar-refractivity contribution in [2.45, 2.75) is 32.9 Å². The van der Waals surface area contributed by atoms with Crippen molar-refractivity contribution in [2.75, 3.05) is 7.11 Å². The largest absolute Gasteiger partial charge is 0.493 e. The van der Waals surface area contributed by atoms with E-state index < -0.39 is 6.10 Å². The molecule has 4 nitrogen and oxygen atoms in total. The SMILES string of the molecule is CCCn1ncc(OC)c1C(O)c1cc(C)c(Br)s1. The topological polar surface area (TPSA) is 47.3 Å². The van der Waals surface area contributed by atoms with Gasteiger partial charge < -0.3 is 9.84 Å². The van der Waals surface area contributed by atoms with E-state index in [2.05, 4.69) is 28.0 Å². The number of ether oxygens (including phenoxy) is 1. The zero-order chi connectivity index (χ0) is 14.0. The van der Waals surface area contributed by atoms with Crippen LogP contribution in [-0.2, 0) is 6.54 Å². The molecular weight excluding hydrogens is 328 g/mol. The number of aliphatic hydroxyl groups is 1. The summed E-state index contributed by atoms with van der Waals surface area (Å²) in [6, 6.07) is 1.99. The van der Waals surface area contributed by atoms with Crippen LogP contribution in [-0.4, -0.2) is 22.0 Å². The number of methoxy groups -OCH3 is 1. The lowest BCUT2D eigenvalue weighted by molar-refractivity contribution is 0.205. The Bertz CT molecular complexity index is 545. The molecule has 1 atom stereocenters. The van der Waals surface area contributed by atoms with Crippen LogP contribution >= 0.6 is 27.3 Å². The second-order valence-electron chi connectivity index (χ2n) is 4.33. The van der Waals surface area contributed by atoms with E-state index in [4.69, 9.17) is 4.74 Å². The molecule has 0 fully saturated rings. The number of thiophene rings is 1.